The normalized spacial score (nSPS) is 28.3. The highest BCUT2D eigenvalue weighted by Crippen LogP contribution is 2.37. The Bertz CT molecular complexity index is 731. The summed E-state index contributed by atoms with van der Waals surface area (Å²) in [6, 6.07) is 8.73. The zero-order chi connectivity index (χ0) is 19.8. The van der Waals surface area contributed by atoms with E-state index in [1.807, 2.05) is 24.3 Å². The van der Waals surface area contributed by atoms with Gasteiger partial charge in [0.15, 0.2) is 0 Å². The molecule has 0 spiro atoms. The first-order chi connectivity index (χ1) is 13.7. The molecule has 0 aliphatic heterocycles. The van der Waals surface area contributed by atoms with E-state index in [-0.39, 0.29) is 23.8 Å². The number of carbonyl (C=O) groups is 1. The Morgan fingerprint density at radius 2 is 1.68 bits per heavy atom. The second-order valence-corrected chi connectivity index (χ2v) is 7.95. The summed E-state index contributed by atoms with van der Waals surface area (Å²) in [4.78, 5) is 12.6. The average Bonchev–Trinajstić information content (AvgIpc) is 2.73. The molecular weight excluding hydrogens is 353 g/mol. The smallest absolute Gasteiger partial charge is 0.309 e. The molecule has 0 heterocycles. The van der Waals surface area contributed by atoms with E-state index in [2.05, 4.69) is 6.08 Å². The molecule has 3 nitrogen and oxygen atoms in total. The lowest BCUT2D eigenvalue weighted by atomic mass is 9.78. The number of benzene rings is 1. The van der Waals surface area contributed by atoms with Crippen LogP contribution < -0.4 is 0 Å². The summed E-state index contributed by atoms with van der Waals surface area (Å²) in [5.74, 6) is 0.690. The maximum atomic E-state index is 13.1. The lowest BCUT2D eigenvalue weighted by Gasteiger charge is -2.31. The number of rotatable bonds is 5. The molecule has 2 aliphatic rings. The van der Waals surface area contributed by atoms with Gasteiger partial charge in [-0.1, -0.05) is 30.4 Å². The van der Waals surface area contributed by atoms with Crippen LogP contribution in [0.15, 0.2) is 48.6 Å². The Labute approximate surface area is 166 Å². The minimum Gasteiger partial charge on any atom is -0.462 e. The molecule has 1 aromatic rings. The predicted octanol–water partition coefficient (Wildman–Crippen LogP) is 5.84. The molecule has 0 saturated heterocycles. The van der Waals surface area contributed by atoms with Gasteiger partial charge >= 0.3 is 5.97 Å². The highest BCUT2D eigenvalue weighted by Gasteiger charge is 2.30. The quantitative estimate of drug-likeness (QED) is 0.366. The van der Waals surface area contributed by atoms with Gasteiger partial charge in [-0.15, -0.1) is 0 Å². The van der Waals surface area contributed by atoms with E-state index in [0.29, 0.717) is 11.8 Å². The number of halogens is 1. The minimum absolute atomic E-state index is 0.00503. The summed E-state index contributed by atoms with van der Waals surface area (Å²) in [5, 5.41) is 8.48. The third-order valence-electron chi connectivity index (χ3n) is 6.07. The summed E-state index contributed by atoms with van der Waals surface area (Å²) in [6.07, 6.45) is 14.8. The Morgan fingerprint density at radius 3 is 2.32 bits per heavy atom. The molecule has 0 unspecified atom stereocenters. The predicted molar refractivity (Wildman–Crippen MR) is 107 cm³/mol. The number of hydrogen-bond donors (Lipinski definition) is 0. The highest BCUT2D eigenvalue weighted by molar-refractivity contribution is 5.72. The van der Waals surface area contributed by atoms with Crippen molar-refractivity contribution in [2.24, 2.45) is 11.8 Å². The van der Waals surface area contributed by atoms with Crippen molar-refractivity contribution in [2.75, 3.05) is 0 Å². The summed E-state index contributed by atoms with van der Waals surface area (Å²) in [7, 11) is 0. The van der Waals surface area contributed by atoms with Crippen LogP contribution in [-0.4, -0.2) is 12.1 Å². The van der Waals surface area contributed by atoms with E-state index >= 15 is 0 Å². The van der Waals surface area contributed by atoms with Crippen molar-refractivity contribution in [3.8, 4) is 6.07 Å². The molecule has 1 aromatic carbocycles. The number of nitriles is 1. The lowest BCUT2D eigenvalue weighted by Crippen LogP contribution is -2.29. The lowest BCUT2D eigenvalue weighted by molar-refractivity contribution is -0.157. The maximum Gasteiger partial charge on any atom is 0.309 e. The fraction of sp³-hybridized carbons (Fsp3) is 0.500. The largest absolute Gasteiger partial charge is 0.462 e. The molecule has 2 fully saturated rings. The van der Waals surface area contributed by atoms with E-state index in [1.165, 1.54) is 23.8 Å². The Morgan fingerprint density at radius 1 is 1.00 bits per heavy atom. The van der Waals surface area contributed by atoms with E-state index in [9.17, 15) is 9.18 Å². The Hall–Kier alpha value is -2.41. The molecule has 4 heteroatoms. The van der Waals surface area contributed by atoms with Crippen LogP contribution >= 0.6 is 0 Å². The van der Waals surface area contributed by atoms with Gasteiger partial charge in [0.2, 0.25) is 0 Å². The van der Waals surface area contributed by atoms with Crippen LogP contribution in [0.25, 0.3) is 0 Å². The fourth-order valence-electron chi connectivity index (χ4n) is 4.38. The van der Waals surface area contributed by atoms with Crippen molar-refractivity contribution in [2.45, 2.75) is 63.4 Å². The van der Waals surface area contributed by atoms with Gasteiger partial charge in [-0.05, 0) is 80.9 Å². The van der Waals surface area contributed by atoms with Gasteiger partial charge in [-0.3, -0.25) is 4.79 Å². The van der Waals surface area contributed by atoms with Crippen molar-refractivity contribution >= 4 is 5.97 Å². The third-order valence-corrected chi connectivity index (χ3v) is 6.07. The first-order valence-electron chi connectivity index (χ1n) is 10.3. The van der Waals surface area contributed by atoms with Crippen molar-refractivity contribution in [3.63, 3.8) is 0 Å². The molecule has 0 N–H and O–H groups in total. The van der Waals surface area contributed by atoms with Gasteiger partial charge in [0, 0.05) is 6.08 Å². The summed E-state index contributed by atoms with van der Waals surface area (Å²) in [6.45, 7) is 0. The summed E-state index contributed by atoms with van der Waals surface area (Å²) < 4.78 is 18.9. The molecule has 0 atom stereocenters. The van der Waals surface area contributed by atoms with E-state index in [4.69, 9.17) is 10.00 Å². The molecule has 0 amide bonds. The molecule has 2 aliphatic carbocycles. The molecule has 0 radical (unpaired) electrons. The van der Waals surface area contributed by atoms with E-state index in [0.717, 1.165) is 51.4 Å². The molecule has 3 rings (SSSR count). The average molecular weight is 381 g/mol. The van der Waals surface area contributed by atoms with Gasteiger partial charge in [-0.2, -0.15) is 5.26 Å². The molecule has 0 bridgehead atoms. The zero-order valence-corrected chi connectivity index (χ0v) is 16.2. The van der Waals surface area contributed by atoms with Crippen LogP contribution in [0.3, 0.4) is 0 Å². The van der Waals surface area contributed by atoms with Crippen LogP contribution in [0.4, 0.5) is 4.39 Å². The van der Waals surface area contributed by atoms with Crippen LogP contribution in [0.1, 0.15) is 62.8 Å². The highest BCUT2D eigenvalue weighted by atomic mass is 19.1. The second-order valence-electron chi connectivity index (χ2n) is 7.95. The van der Waals surface area contributed by atoms with E-state index in [1.54, 1.807) is 6.08 Å². The first kappa shape index (κ1) is 20.3. The van der Waals surface area contributed by atoms with Gasteiger partial charge < -0.3 is 4.74 Å². The minimum atomic E-state index is -0.204. The summed E-state index contributed by atoms with van der Waals surface area (Å²) >= 11 is 0. The molecule has 2 saturated carbocycles. The number of carbonyl (C=O) groups excluding carboxylic acids is 1. The van der Waals surface area contributed by atoms with Crippen molar-refractivity contribution in [1.29, 1.82) is 5.26 Å². The third kappa shape index (κ3) is 5.79. The van der Waals surface area contributed by atoms with Crippen molar-refractivity contribution in [3.05, 3.63) is 60.0 Å². The molecular formula is C24H28FNO2. The monoisotopic (exact) mass is 381 g/mol. The number of ether oxygens (including phenoxy) is 1. The second kappa shape index (κ2) is 10.2. The molecule has 0 aromatic heterocycles. The van der Waals surface area contributed by atoms with Gasteiger partial charge in [0.25, 0.3) is 0 Å². The van der Waals surface area contributed by atoms with Gasteiger partial charge in [0.05, 0.1) is 12.0 Å². The Balaban J connectivity index is 1.39. The topological polar surface area (TPSA) is 50.1 Å². The van der Waals surface area contributed by atoms with Crippen LogP contribution in [0.2, 0.25) is 0 Å². The Kier molecular flexibility index (Phi) is 7.42. The van der Waals surface area contributed by atoms with Crippen molar-refractivity contribution in [1.82, 2.24) is 0 Å². The number of allylic oxidation sites excluding steroid dienone is 4. The van der Waals surface area contributed by atoms with Crippen LogP contribution in [0.5, 0.6) is 0 Å². The fourth-order valence-corrected chi connectivity index (χ4v) is 4.38. The first-order valence-corrected chi connectivity index (χ1v) is 10.3. The van der Waals surface area contributed by atoms with Crippen LogP contribution in [-0.2, 0) is 9.53 Å². The number of hydrogen-bond acceptors (Lipinski definition) is 3. The van der Waals surface area contributed by atoms with Gasteiger partial charge in [0.1, 0.15) is 11.9 Å². The number of nitrogens with zero attached hydrogens (tertiary/aromatic N) is 1. The standard InChI is InChI=1S/C24H28FNO2/c25-22-13-11-20(12-14-22)19-7-9-21(10-8-19)24(27)28-23-15-5-18(6-16-23)4-2-1-3-17-26/h1-4,11-14,18-19,21,23H,5-10,15-16H2. The zero-order valence-electron chi connectivity index (χ0n) is 16.2. The molecule has 28 heavy (non-hydrogen) atoms. The summed E-state index contributed by atoms with van der Waals surface area (Å²) in [5.41, 5.74) is 1.17. The van der Waals surface area contributed by atoms with Crippen LogP contribution in [0, 0.1) is 29.0 Å². The maximum absolute atomic E-state index is 13.1. The van der Waals surface area contributed by atoms with E-state index < -0.39 is 0 Å². The number of esters is 1. The van der Waals surface area contributed by atoms with Gasteiger partial charge in [-0.25, -0.2) is 4.39 Å². The van der Waals surface area contributed by atoms with Crippen molar-refractivity contribution < 1.29 is 13.9 Å². The SMILES string of the molecule is N#CC=CC=CC1CCC(OC(=O)C2CCC(c3ccc(F)cc3)CC2)CC1. The molecule has 148 valence electrons.